The number of carbonyl (C=O) groups is 3. The number of piperidine rings is 1. The number of ketones is 1. The van der Waals surface area contributed by atoms with E-state index in [0.29, 0.717) is 29.7 Å². The monoisotopic (exact) mass is 551 g/mol. The minimum atomic E-state index is -4.63. The average molecular weight is 552 g/mol. The van der Waals surface area contributed by atoms with Gasteiger partial charge in [0.05, 0.1) is 28.9 Å². The first-order valence-corrected chi connectivity index (χ1v) is 13.2. The van der Waals surface area contributed by atoms with E-state index in [4.69, 9.17) is 0 Å². The molecule has 2 N–H and O–H groups in total. The van der Waals surface area contributed by atoms with Crippen molar-refractivity contribution in [2.24, 2.45) is 0 Å². The highest BCUT2D eigenvalue weighted by molar-refractivity contribution is 6.07. The molecule has 0 spiro atoms. The fraction of sp³-hybridized carbons (Fsp3) is 0.379. The molecule has 0 aromatic heterocycles. The van der Waals surface area contributed by atoms with Crippen LogP contribution in [0.25, 0.3) is 0 Å². The van der Waals surface area contributed by atoms with Gasteiger partial charge in [0, 0.05) is 23.7 Å². The van der Waals surface area contributed by atoms with Gasteiger partial charge in [0.2, 0.25) is 5.91 Å². The molecule has 0 saturated carbocycles. The smallest absolute Gasteiger partial charge is 0.352 e. The molecule has 40 heavy (non-hydrogen) atoms. The number of anilines is 1. The zero-order chi connectivity index (χ0) is 28.4. The lowest BCUT2D eigenvalue weighted by molar-refractivity contribution is -0.137. The largest absolute Gasteiger partial charge is 0.416 e. The maximum absolute atomic E-state index is 14.2. The highest BCUT2D eigenvalue weighted by Gasteiger charge is 2.45. The highest BCUT2D eigenvalue weighted by Crippen LogP contribution is 2.44. The van der Waals surface area contributed by atoms with Crippen LogP contribution in [0.1, 0.15) is 54.8 Å². The summed E-state index contributed by atoms with van der Waals surface area (Å²) in [5.74, 6) is -0.654. The topological polar surface area (TPSA) is 106 Å². The summed E-state index contributed by atoms with van der Waals surface area (Å²) in [5.41, 5.74) is 0.590. The van der Waals surface area contributed by atoms with Gasteiger partial charge < -0.3 is 15.5 Å². The number of nitrogens with one attached hydrogen (secondary N) is 2. The van der Waals surface area contributed by atoms with Gasteiger partial charge in [-0.2, -0.15) is 18.4 Å². The molecule has 2 aliphatic heterocycles. The van der Waals surface area contributed by atoms with Crippen LogP contribution in [0.5, 0.6) is 0 Å². The van der Waals surface area contributed by atoms with Crippen molar-refractivity contribution in [3.8, 4) is 6.07 Å². The van der Waals surface area contributed by atoms with Crippen LogP contribution in [0, 0.1) is 11.3 Å². The van der Waals surface area contributed by atoms with Crippen LogP contribution >= 0.6 is 0 Å². The van der Waals surface area contributed by atoms with Gasteiger partial charge in [-0.1, -0.05) is 18.2 Å². The lowest BCUT2D eigenvalue weighted by Crippen LogP contribution is -2.55. The quantitative estimate of drug-likeness (QED) is 0.572. The van der Waals surface area contributed by atoms with Crippen molar-refractivity contribution in [1.82, 2.24) is 15.5 Å². The number of halogens is 3. The molecular weight excluding hydrogens is 523 g/mol. The van der Waals surface area contributed by atoms with E-state index in [0.717, 1.165) is 43.0 Å². The van der Waals surface area contributed by atoms with E-state index in [9.17, 15) is 32.8 Å². The van der Waals surface area contributed by atoms with Gasteiger partial charge >= 0.3 is 12.2 Å². The van der Waals surface area contributed by atoms with Gasteiger partial charge in [-0.3, -0.25) is 14.5 Å². The normalized spacial score (nSPS) is 20.3. The van der Waals surface area contributed by atoms with Crippen LogP contribution in [-0.2, 0) is 15.8 Å². The Labute approximate surface area is 229 Å². The molecule has 1 unspecified atom stereocenters. The zero-order valence-electron chi connectivity index (χ0n) is 21.6. The number of hydrogen-bond donors (Lipinski definition) is 2. The number of alkyl halides is 3. The number of allylic oxidation sites excluding steroid dienone is 1. The molecule has 2 heterocycles. The highest BCUT2D eigenvalue weighted by atomic mass is 19.4. The van der Waals surface area contributed by atoms with Crippen LogP contribution in [0.15, 0.2) is 59.8 Å². The Bertz CT molecular complexity index is 1390. The second-order valence-electron chi connectivity index (χ2n) is 10.2. The third-order valence-electron chi connectivity index (χ3n) is 7.53. The molecule has 1 aliphatic carbocycles. The molecule has 5 rings (SSSR count). The fourth-order valence-corrected chi connectivity index (χ4v) is 5.63. The van der Waals surface area contributed by atoms with Crippen molar-refractivity contribution in [3.05, 3.63) is 76.5 Å². The number of nitriles is 1. The summed E-state index contributed by atoms with van der Waals surface area (Å²) in [5, 5.41) is 15.4. The number of hydrogen-bond acceptors (Lipinski definition) is 5. The number of carbonyl (C=O) groups excluding carboxylic acids is 3. The molecule has 11 heteroatoms. The molecule has 1 atom stereocenters. The molecule has 3 aliphatic rings. The van der Waals surface area contributed by atoms with Crippen LogP contribution in [0.3, 0.4) is 0 Å². The third kappa shape index (κ3) is 5.45. The second kappa shape index (κ2) is 11.1. The van der Waals surface area contributed by atoms with Crippen molar-refractivity contribution in [2.75, 3.05) is 24.5 Å². The van der Waals surface area contributed by atoms with Gasteiger partial charge in [0.15, 0.2) is 5.78 Å². The Morgan fingerprint density at radius 2 is 1.80 bits per heavy atom. The van der Waals surface area contributed by atoms with E-state index >= 15 is 0 Å². The maximum Gasteiger partial charge on any atom is 0.416 e. The minimum absolute atomic E-state index is 0.0240. The van der Waals surface area contributed by atoms with Crippen molar-refractivity contribution < 1.29 is 27.6 Å². The van der Waals surface area contributed by atoms with Crippen LogP contribution < -0.4 is 15.5 Å². The van der Waals surface area contributed by atoms with E-state index in [1.54, 1.807) is 24.3 Å². The standard InChI is InChI=1S/C29H28F3N5O3/c30-29(31,32)20-3-1-4-22(15-20)37-23-5-2-6-24(38)26(23)27(19-9-7-18(16-33)8-10-19)36(28(37)40)17-25(39)35-21-11-13-34-14-12-21/h1,3-4,7-10,15,21,27,34H,2,5-6,11-14,17H2,(H,35,39). The van der Waals surface area contributed by atoms with Gasteiger partial charge in [0.25, 0.3) is 0 Å². The van der Waals surface area contributed by atoms with E-state index in [1.807, 2.05) is 6.07 Å². The summed E-state index contributed by atoms with van der Waals surface area (Å²) < 4.78 is 40.8. The average Bonchev–Trinajstić information content (AvgIpc) is 2.94. The summed E-state index contributed by atoms with van der Waals surface area (Å²) >= 11 is 0. The minimum Gasteiger partial charge on any atom is -0.352 e. The summed E-state index contributed by atoms with van der Waals surface area (Å²) in [7, 11) is 0. The molecule has 208 valence electrons. The van der Waals surface area contributed by atoms with E-state index in [-0.39, 0.29) is 29.5 Å². The number of amides is 3. The fourth-order valence-electron chi connectivity index (χ4n) is 5.63. The molecule has 1 saturated heterocycles. The number of Topliss-reactive ketones (excluding diaryl/α,β-unsaturated/α-hetero) is 1. The Balaban J connectivity index is 1.61. The molecule has 3 amide bonds. The van der Waals surface area contributed by atoms with Gasteiger partial charge in [0.1, 0.15) is 6.54 Å². The first-order valence-electron chi connectivity index (χ1n) is 13.2. The second-order valence-corrected chi connectivity index (χ2v) is 10.2. The number of nitrogens with zero attached hydrogens (tertiary/aromatic N) is 3. The molecular formula is C29H28F3N5O3. The van der Waals surface area contributed by atoms with Gasteiger partial charge in [-0.05, 0) is 74.7 Å². The lowest BCUT2D eigenvalue weighted by Gasteiger charge is -2.45. The first kappa shape index (κ1) is 27.4. The van der Waals surface area contributed by atoms with Crippen molar-refractivity contribution in [2.45, 2.75) is 50.4 Å². The predicted octanol–water partition coefficient (Wildman–Crippen LogP) is 4.44. The molecule has 0 bridgehead atoms. The van der Waals surface area contributed by atoms with E-state index in [1.165, 1.54) is 17.0 Å². The first-order chi connectivity index (χ1) is 19.2. The van der Waals surface area contributed by atoms with Crippen molar-refractivity contribution in [1.29, 1.82) is 5.26 Å². The van der Waals surface area contributed by atoms with E-state index < -0.39 is 36.3 Å². The number of rotatable bonds is 5. The molecule has 8 nitrogen and oxygen atoms in total. The van der Waals surface area contributed by atoms with Gasteiger partial charge in [-0.15, -0.1) is 0 Å². The third-order valence-corrected chi connectivity index (χ3v) is 7.53. The molecule has 2 aromatic rings. The van der Waals surface area contributed by atoms with Crippen LogP contribution in [0.4, 0.5) is 23.7 Å². The Morgan fingerprint density at radius 1 is 1.07 bits per heavy atom. The zero-order valence-corrected chi connectivity index (χ0v) is 21.6. The Hall–Kier alpha value is -4.17. The summed E-state index contributed by atoms with van der Waals surface area (Å²) in [6.45, 7) is 1.10. The molecule has 2 aromatic carbocycles. The predicted molar refractivity (Wildman–Crippen MR) is 140 cm³/mol. The summed E-state index contributed by atoms with van der Waals surface area (Å²) in [4.78, 5) is 43.2. The van der Waals surface area contributed by atoms with Gasteiger partial charge in [-0.25, -0.2) is 4.79 Å². The summed E-state index contributed by atoms with van der Waals surface area (Å²) in [6.07, 6.45) is -2.22. The van der Waals surface area contributed by atoms with Crippen molar-refractivity contribution in [3.63, 3.8) is 0 Å². The number of urea groups is 1. The van der Waals surface area contributed by atoms with Crippen LogP contribution in [0.2, 0.25) is 0 Å². The molecule has 0 radical (unpaired) electrons. The maximum atomic E-state index is 14.2. The van der Waals surface area contributed by atoms with Crippen molar-refractivity contribution >= 4 is 23.4 Å². The SMILES string of the molecule is N#Cc1ccc(C2C3=C(CCCC3=O)N(c3cccc(C(F)(F)F)c3)C(=O)N2CC(=O)NC2CCNCC2)cc1. The number of benzene rings is 2. The Morgan fingerprint density at radius 3 is 2.48 bits per heavy atom. The molecule has 1 fully saturated rings. The Kier molecular flexibility index (Phi) is 7.63. The van der Waals surface area contributed by atoms with Crippen LogP contribution in [-0.4, -0.2) is 48.3 Å². The lowest BCUT2D eigenvalue weighted by atomic mass is 9.83. The van der Waals surface area contributed by atoms with E-state index in [2.05, 4.69) is 10.6 Å². The summed E-state index contributed by atoms with van der Waals surface area (Å²) in [6, 6.07) is 11.2.